The number of rotatable bonds is 11. The molecule has 11 nitrogen and oxygen atoms in total. The fourth-order valence-corrected chi connectivity index (χ4v) is 5.39. The summed E-state index contributed by atoms with van der Waals surface area (Å²) >= 11 is 0. The van der Waals surface area contributed by atoms with Crippen LogP contribution in [0.3, 0.4) is 0 Å². The van der Waals surface area contributed by atoms with Crippen LogP contribution < -0.4 is 16.4 Å². The number of aromatic nitrogens is 4. The molecule has 6 rings (SSSR count). The van der Waals surface area contributed by atoms with E-state index in [1.165, 1.54) is 6.20 Å². The molecule has 2 heterocycles. The van der Waals surface area contributed by atoms with Gasteiger partial charge in [-0.3, -0.25) is 9.69 Å². The third-order valence-corrected chi connectivity index (χ3v) is 7.65. The molecule has 5 N–H and O–H groups in total. The van der Waals surface area contributed by atoms with E-state index in [1.807, 2.05) is 54.6 Å². The van der Waals surface area contributed by atoms with Crippen molar-refractivity contribution in [1.82, 2.24) is 24.8 Å². The van der Waals surface area contributed by atoms with E-state index in [9.17, 15) is 14.7 Å². The normalized spacial score (nSPS) is 15.9. The van der Waals surface area contributed by atoms with E-state index >= 15 is 0 Å². The lowest BCUT2D eigenvalue weighted by atomic mass is 9.98. The molecule has 0 unspecified atom stereocenters. The Labute approximate surface area is 236 Å². The van der Waals surface area contributed by atoms with Crippen LogP contribution in [-0.4, -0.2) is 53.5 Å². The van der Waals surface area contributed by atoms with Crippen molar-refractivity contribution in [3.05, 3.63) is 90.5 Å². The van der Waals surface area contributed by atoms with Crippen molar-refractivity contribution in [3.63, 3.8) is 0 Å². The van der Waals surface area contributed by atoms with Crippen molar-refractivity contribution in [2.75, 3.05) is 10.6 Å². The molecular weight excluding hydrogens is 520 g/mol. The van der Waals surface area contributed by atoms with Crippen LogP contribution in [0.2, 0.25) is 0 Å². The quantitative estimate of drug-likeness (QED) is 0.208. The summed E-state index contributed by atoms with van der Waals surface area (Å²) in [5.41, 5.74) is 7.46. The molecule has 2 aliphatic rings. The van der Waals surface area contributed by atoms with Crippen molar-refractivity contribution < 1.29 is 14.7 Å². The highest BCUT2D eigenvalue weighted by molar-refractivity contribution is 5.96. The molecule has 2 aromatic carbocycles. The fourth-order valence-electron chi connectivity index (χ4n) is 5.39. The number of carboxylic acid groups (broad SMARTS) is 1. The number of benzene rings is 2. The maximum Gasteiger partial charge on any atom is 0.408 e. The molecular formula is C30H30N8O3. The maximum absolute atomic E-state index is 12.5. The van der Waals surface area contributed by atoms with Gasteiger partial charge in [0.05, 0.1) is 17.8 Å². The standard InChI is InChI=1S/C30H30N8O3/c31-26(39)24-28(35-22-9-4-8-21(16-22)27-32-14-5-15-33-27)37-23(17-34-24)36-25(20-10-11-20)30(12-13-30)38(29(40)41)18-19-6-2-1-3-7-19/h1-9,14-17,20,25H,10-13,18H2,(H2,31,39)(H,40,41)(H2,35,36,37)/t25-/m1/s1. The van der Waals surface area contributed by atoms with E-state index in [2.05, 4.69) is 30.6 Å². The number of amides is 2. The molecule has 11 heteroatoms. The molecule has 0 radical (unpaired) electrons. The molecule has 1 atom stereocenters. The number of carbonyl (C=O) groups excluding carboxylic acids is 1. The van der Waals surface area contributed by atoms with E-state index in [0.29, 0.717) is 29.8 Å². The Kier molecular flexibility index (Phi) is 6.92. The molecule has 2 aromatic heterocycles. The van der Waals surface area contributed by atoms with Crippen LogP contribution in [0, 0.1) is 5.92 Å². The Bertz CT molecular complexity index is 1560. The van der Waals surface area contributed by atoms with Gasteiger partial charge in [0.25, 0.3) is 5.91 Å². The molecule has 2 amide bonds. The first-order valence-corrected chi connectivity index (χ1v) is 13.6. The second-order valence-corrected chi connectivity index (χ2v) is 10.5. The van der Waals surface area contributed by atoms with Gasteiger partial charge in [-0.05, 0) is 55.4 Å². The number of nitrogens with one attached hydrogen (secondary N) is 2. The summed E-state index contributed by atoms with van der Waals surface area (Å²) in [6, 6.07) is 18.6. The molecule has 2 aliphatic carbocycles. The molecule has 2 fully saturated rings. The molecule has 0 spiro atoms. The molecule has 0 bridgehead atoms. The predicted molar refractivity (Wildman–Crippen MR) is 153 cm³/mol. The number of nitrogens with two attached hydrogens (primary N) is 1. The maximum atomic E-state index is 12.5. The Hall–Kier alpha value is -5.06. The minimum atomic E-state index is -0.946. The second-order valence-electron chi connectivity index (χ2n) is 10.5. The smallest absolute Gasteiger partial charge is 0.408 e. The van der Waals surface area contributed by atoms with Gasteiger partial charge in [0.1, 0.15) is 5.82 Å². The van der Waals surface area contributed by atoms with Crippen LogP contribution in [0.5, 0.6) is 0 Å². The van der Waals surface area contributed by atoms with E-state index in [1.54, 1.807) is 23.4 Å². The first-order chi connectivity index (χ1) is 19.9. The fraction of sp³-hybridized carbons (Fsp3) is 0.267. The van der Waals surface area contributed by atoms with Gasteiger partial charge in [-0.15, -0.1) is 0 Å². The van der Waals surface area contributed by atoms with E-state index in [-0.39, 0.29) is 17.6 Å². The SMILES string of the molecule is NC(=O)c1ncc(N[C@H](C2CC2)C2(N(Cc3ccccc3)C(=O)O)CC2)nc1Nc1cccc(-c2ncccn2)c1. The lowest BCUT2D eigenvalue weighted by molar-refractivity contribution is 0.0992. The molecule has 0 saturated heterocycles. The van der Waals surface area contributed by atoms with Gasteiger partial charge in [0, 0.05) is 30.2 Å². The number of primary amides is 1. The first kappa shape index (κ1) is 26.2. The molecule has 0 aliphatic heterocycles. The van der Waals surface area contributed by atoms with Crippen LogP contribution in [0.4, 0.5) is 22.1 Å². The third-order valence-electron chi connectivity index (χ3n) is 7.65. The average Bonchev–Trinajstić information content (AvgIpc) is 3.92. The van der Waals surface area contributed by atoms with E-state index < -0.39 is 17.5 Å². The number of hydrogen-bond acceptors (Lipinski definition) is 8. The summed E-state index contributed by atoms with van der Waals surface area (Å²) in [5, 5.41) is 16.9. The Morgan fingerprint density at radius 1 is 1.02 bits per heavy atom. The highest BCUT2D eigenvalue weighted by atomic mass is 16.4. The predicted octanol–water partition coefficient (Wildman–Crippen LogP) is 4.68. The Morgan fingerprint density at radius 3 is 2.44 bits per heavy atom. The van der Waals surface area contributed by atoms with Gasteiger partial charge in [-0.2, -0.15) is 0 Å². The van der Waals surface area contributed by atoms with Gasteiger partial charge >= 0.3 is 6.09 Å². The summed E-state index contributed by atoms with van der Waals surface area (Å²) < 4.78 is 0. The highest BCUT2D eigenvalue weighted by Crippen LogP contribution is 2.53. The van der Waals surface area contributed by atoms with Crippen molar-refractivity contribution >= 4 is 29.3 Å². The van der Waals surface area contributed by atoms with Crippen LogP contribution in [0.1, 0.15) is 41.7 Å². The van der Waals surface area contributed by atoms with Gasteiger partial charge < -0.3 is 21.5 Å². The summed E-state index contributed by atoms with van der Waals surface area (Å²) in [6.07, 6.45) is 7.39. The van der Waals surface area contributed by atoms with Gasteiger partial charge in [0.15, 0.2) is 17.3 Å². The molecule has 208 valence electrons. The van der Waals surface area contributed by atoms with E-state index in [0.717, 1.165) is 36.8 Å². The summed E-state index contributed by atoms with van der Waals surface area (Å²) in [7, 11) is 0. The minimum Gasteiger partial charge on any atom is -0.465 e. The van der Waals surface area contributed by atoms with Crippen LogP contribution in [0.25, 0.3) is 11.4 Å². The molecule has 4 aromatic rings. The van der Waals surface area contributed by atoms with Gasteiger partial charge in [0.2, 0.25) is 0 Å². The van der Waals surface area contributed by atoms with Gasteiger partial charge in [-0.25, -0.2) is 24.7 Å². The number of anilines is 3. The van der Waals surface area contributed by atoms with Crippen molar-refractivity contribution in [2.24, 2.45) is 11.7 Å². The number of carbonyl (C=O) groups is 2. The number of hydrogen-bond donors (Lipinski definition) is 4. The summed E-state index contributed by atoms with van der Waals surface area (Å²) in [4.78, 5) is 43.9. The zero-order chi connectivity index (χ0) is 28.4. The summed E-state index contributed by atoms with van der Waals surface area (Å²) in [5.74, 6) is 0.798. The zero-order valence-corrected chi connectivity index (χ0v) is 22.3. The zero-order valence-electron chi connectivity index (χ0n) is 22.3. The van der Waals surface area contributed by atoms with Crippen molar-refractivity contribution in [2.45, 2.75) is 43.8 Å². The van der Waals surface area contributed by atoms with Crippen LogP contribution in [-0.2, 0) is 6.54 Å². The highest BCUT2D eigenvalue weighted by Gasteiger charge is 2.59. The van der Waals surface area contributed by atoms with Crippen LogP contribution in [0.15, 0.2) is 79.3 Å². The largest absolute Gasteiger partial charge is 0.465 e. The van der Waals surface area contributed by atoms with Crippen molar-refractivity contribution in [1.29, 1.82) is 0 Å². The van der Waals surface area contributed by atoms with Crippen molar-refractivity contribution in [3.8, 4) is 11.4 Å². The second kappa shape index (κ2) is 10.8. The van der Waals surface area contributed by atoms with Crippen LogP contribution >= 0.6 is 0 Å². The lowest BCUT2D eigenvalue weighted by Gasteiger charge is -2.37. The van der Waals surface area contributed by atoms with E-state index in [4.69, 9.17) is 5.73 Å². The number of nitrogens with zero attached hydrogens (tertiary/aromatic N) is 5. The Balaban J connectivity index is 1.28. The van der Waals surface area contributed by atoms with Gasteiger partial charge in [-0.1, -0.05) is 42.5 Å². The minimum absolute atomic E-state index is 0.00254. The lowest BCUT2D eigenvalue weighted by Crippen LogP contribution is -2.52. The topological polar surface area (TPSA) is 159 Å². The third kappa shape index (κ3) is 5.65. The first-order valence-electron chi connectivity index (χ1n) is 13.6. The summed E-state index contributed by atoms with van der Waals surface area (Å²) in [6.45, 7) is 0.307. The molecule has 2 saturated carbocycles. The average molecular weight is 551 g/mol. The monoisotopic (exact) mass is 550 g/mol. The Morgan fingerprint density at radius 2 is 1.78 bits per heavy atom. The molecule has 41 heavy (non-hydrogen) atoms.